The standard InChI is InChI=1S/C30H33N3O4/c1-4-32(5-2)17-18-33-27(23-13-15-31-16-14-23)26(29(35)30(33)36)28(34)25-12-11-24(19-21(25)3)37-20-22-9-7-6-8-10-22/h6-16,19,27,34H,4-5,17-18,20H2,1-3H3/t27-/m1/s1. The van der Waals surface area contributed by atoms with E-state index in [1.165, 1.54) is 0 Å². The van der Waals surface area contributed by atoms with Gasteiger partial charge in [-0.2, -0.15) is 0 Å². The molecule has 192 valence electrons. The van der Waals surface area contributed by atoms with Gasteiger partial charge >= 0.3 is 0 Å². The minimum Gasteiger partial charge on any atom is -0.507 e. The molecule has 2 aromatic carbocycles. The number of aromatic nitrogens is 1. The van der Waals surface area contributed by atoms with Crippen molar-refractivity contribution in [1.82, 2.24) is 14.8 Å². The summed E-state index contributed by atoms with van der Waals surface area (Å²) in [7, 11) is 0. The van der Waals surface area contributed by atoms with Crippen molar-refractivity contribution in [1.29, 1.82) is 0 Å². The average Bonchev–Trinajstić information content (AvgIpc) is 3.18. The second-order valence-electron chi connectivity index (χ2n) is 9.05. The predicted molar refractivity (Wildman–Crippen MR) is 143 cm³/mol. The number of carbonyl (C=O) groups is 2. The van der Waals surface area contributed by atoms with Crippen LogP contribution in [-0.4, -0.2) is 57.8 Å². The van der Waals surface area contributed by atoms with Crippen molar-refractivity contribution >= 4 is 17.4 Å². The summed E-state index contributed by atoms with van der Waals surface area (Å²) < 4.78 is 5.92. The Kier molecular flexibility index (Phi) is 8.36. The van der Waals surface area contributed by atoms with Crippen LogP contribution in [0.4, 0.5) is 0 Å². The van der Waals surface area contributed by atoms with E-state index >= 15 is 0 Å². The fourth-order valence-corrected chi connectivity index (χ4v) is 4.67. The molecule has 1 amide bonds. The molecule has 1 fully saturated rings. The molecule has 1 atom stereocenters. The summed E-state index contributed by atoms with van der Waals surface area (Å²) in [5.74, 6) is -0.806. The van der Waals surface area contributed by atoms with Gasteiger partial charge in [-0.3, -0.25) is 14.6 Å². The van der Waals surface area contributed by atoms with Gasteiger partial charge in [0.25, 0.3) is 11.7 Å². The van der Waals surface area contributed by atoms with Crippen LogP contribution in [0, 0.1) is 6.92 Å². The van der Waals surface area contributed by atoms with Crippen molar-refractivity contribution in [3.05, 3.63) is 101 Å². The summed E-state index contributed by atoms with van der Waals surface area (Å²) in [6.07, 6.45) is 3.26. The lowest BCUT2D eigenvalue weighted by atomic mass is 9.94. The van der Waals surface area contributed by atoms with Gasteiger partial charge in [-0.15, -0.1) is 0 Å². The summed E-state index contributed by atoms with van der Waals surface area (Å²) in [4.78, 5) is 34.3. The lowest BCUT2D eigenvalue weighted by molar-refractivity contribution is -0.140. The minimum atomic E-state index is -0.688. The maximum atomic E-state index is 13.3. The number of aryl methyl sites for hydroxylation is 1. The number of nitrogens with zero attached hydrogens (tertiary/aromatic N) is 3. The van der Waals surface area contributed by atoms with Crippen molar-refractivity contribution < 1.29 is 19.4 Å². The Labute approximate surface area is 218 Å². The van der Waals surface area contributed by atoms with Crippen LogP contribution >= 0.6 is 0 Å². The first kappa shape index (κ1) is 26.1. The number of rotatable bonds is 10. The molecule has 37 heavy (non-hydrogen) atoms. The lowest BCUT2D eigenvalue weighted by Gasteiger charge is -2.28. The SMILES string of the molecule is CCN(CC)CCN1C(=O)C(=O)C(=C(O)c2ccc(OCc3ccccc3)cc2C)[C@H]1c1ccncc1. The number of aliphatic hydroxyl groups is 1. The number of amides is 1. The molecule has 1 aliphatic heterocycles. The zero-order valence-corrected chi connectivity index (χ0v) is 21.6. The van der Waals surface area contributed by atoms with Crippen molar-refractivity contribution in [3.63, 3.8) is 0 Å². The van der Waals surface area contributed by atoms with E-state index in [4.69, 9.17) is 4.74 Å². The molecule has 0 bridgehead atoms. The van der Waals surface area contributed by atoms with E-state index in [0.717, 1.165) is 29.8 Å². The Morgan fingerprint density at radius 1 is 1.03 bits per heavy atom. The van der Waals surface area contributed by atoms with Gasteiger partial charge in [0.1, 0.15) is 18.1 Å². The molecule has 1 N–H and O–H groups in total. The molecule has 7 heteroatoms. The summed E-state index contributed by atoms with van der Waals surface area (Å²) in [5.41, 5.74) is 3.11. The third-order valence-electron chi connectivity index (χ3n) is 6.81. The highest BCUT2D eigenvalue weighted by molar-refractivity contribution is 6.46. The van der Waals surface area contributed by atoms with Crippen molar-refractivity contribution in [2.75, 3.05) is 26.2 Å². The number of likely N-dealkylation sites (tertiary alicyclic amines) is 1. The number of pyridine rings is 1. The van der Waals surface area contributed by atoms with Crippen LogP contribution in [0.2, 0.25) is 0 Å². The molecular formula is C30H33N3O4. The van der Waals surface area contributed by atoms with Crippen molar-refractivity contribution in [3.8, 4) is 5.75 Å². The summed E-state index contributed by atoms with van der Waals surface area (Å²) in [5, 5.41) is 11.4. The Morgan fingerprint density at radius 3 is 2.38 bits per heavy atom. The zero-order valence-electron chi connectivity index (χ0n) is 21.6. The molecule has 0 aliphatic carbocycles. The van der Waals surface area contributed by atoms with Crippen LogP contribution in [-0.2, 0) is 16.2 Å². The number of likely N-dealkylation sites (N-methyl/N-ethyl adjacent to an activating group) is 1. The highest BCUT2D eigenvalue weighted by atomic mass is 16.5. The molecule has 7 nitrogen and oxygen atoms in total. The number of ketones is 1. The van der Waals surface area contributed by atoms with E-state index in [1.54, 1.807) is 41.6 Å². The van der Waals surface area contributed by atoms with E-state index in [9.17, 15) is 14.7 Å². The Hall–Kier alpha value is -3.97. The van der Waals surface area contributed by atoms with Gasteiger partial charge in [0.2, 0.25) is 0 Å². The van der Waals surface area contributed by atoms with Crippen molar-refractivity contribution in [2.24, 2.45) is 0 Å². The topological polar surface area (TPSA) is 83.0 Å². The molecule has 1 aliphatic rings. The number of hydrogen-bond donors (Lipinski definition) is 1. The number of aliphatic hydroxyl groups excluding tert-OH is 1. The van der Waals surface area contributed by atoms with Crippen LogP contribution in [0.25, 0.3) is 5.76 Å². The van der Waals surface area contributed by atoms with Crippen LogP contribution in [0.3, 0.4) is 0 Å². The van der Waals surface area contributed by atoms with E-state index < -0.39 is 17.7 Å². The van der Waals surface area contributed by atoms with Gasteiger partial charge in [-0.05, 0) is 67.0 Å². The molecule has 0 radical (unpaired) electrons. The Morgan fingerprint density at radius 2 is 1.73 bits per heavy atom. The maximum Gasteiger partial charge on any atom is 0.295 e. The van der Waals surface area contributed by atoms with Gasteiger partial charge < -0.3 is 19.6 Å². The lowest BCUT2D eigenvalue weighted by Crippen LogP contribution is -2.38. The van der Waals surface area contributed by atoms with Crippen LogP contribution in [0.5, 0.6) is 5.75 Å². The smallest absolute Gasteiger partial charge is 0.295 e. The van der Waals surface area contributed by atoms with Crippen LogP contribution < -0.4 is 4.74 Å². The molecule has 0 spiro atoms. The van der Waals surface area contributed by atoms with Crippen molar-refractivity contribution in [2.45, 2.75) is 33.4 Å². The molecule has 1 saturated heterocycles. The summed E-state index contributed by atoms with van der Waals surface area (Å²) in [6, 6.07) is 18.1. The van der Waals surface area contributed by atoms with Gasteiger partial charge in [0.05, 0.1) is 11.6 Å². The zero-order chi connectivity index (χ0) is 26.4. The van der Waals surface area contributed by atoms with Crippen LogP contribution in [0.15, 0.2) is 78.6 Å². The van der Waals surface area contributed by atoms with Gasteiger partial charge in [-0.25, -0.2) is 0 Å². The van der Waals surface area contributed by atoms with E-state index in [0.29, 0.717) is 31.0 Å². The second kappa shape index (κ2) is 11.8. The van der Waals surface area contributed by atoms with Gasteiger partial charge in [-0.1, -0.05) is 44.2 Å². The molecule has 3 aromatic rings. The van der Waals surface area contributed by atoms with E-state index in [-0.39, 0.29) is 11.3 Å². The first-order valence-electron chi connectivity index (χ1n) is 12.6. The number of ether oxygens (including phenoxy) is 1. The quantitative estimate of drug-likeness (QED) is 0.247. The highest BCUT2D eigenvalue weighted by Crippen LogP contribution is 2.39. The normalized spacial score (nSPS) is 17.0. The highest BCUT2D eigenvalue weighted by Gasteiger charge is 2.46. The fourth-order valence-electron chi connectivity index (χ4n) is 4.67. The molecular weight excluding hydrogens is 466 g/mol. The fraction of sp³-hybridized carbons (Fsp3) is 0.300. The minimum absolute atomic E-state index is 0.0943. The number of Topliss-reactive ketones (excluding diaryl/α,β-unsaturated/α-hetero) is 1. The maximum absolute atomic E-state index is 13.3. The third kappa shape index (κ3) is 5.73. The van der Waals surface area contributed by atoms with Gasteiger partial charge in [0, 0.05) is 31.0 Å². The first-order chi connectivity index (χ1) is 17.9. The second-order valence-corrected chi connectivity index (χ2v) is 9.05. The average molecular weight is 500 g/mol. The third-order valence-corrected chi connectivity index (χ3v) is 6.81. The largest absolute Gasteiger partial charge is 0.507 e. The van der Waals surface area contributed by atoms with E-state index in [2.05, 4.69) is 23.7 Å². The molecule has 2 heterocycles. The number of hydrogen-bond acceptors (Lipinski definition) is 6. The molecule has 4 rings (SSSR count). The van der Waals surface area contributed by atoms with E-state index in [1.807, 2.05) is 43.3 Å². The molecule has 1 aromatic heterocycles. The molecule has 0 saturated carbocycles. The first-order valence-corrected chi connectivity index (χ1v) is 12.6. The monoisotopic (exact) mass is 499 g/mol. The molecule has 0 unspecified atom stereocenters. The predicted octanol–water partition coefficient (Wildman–Crippen LogP) is 4.73. The number of carbonyl (C=O) groups excluding carboxylic acids is 2. The summed E-state index contributed by atoms with van der Waals surface area (Å²) >= 11 is 0. The van der Waals surface area contributed by atoms with Crippen LogP contribution in [0.1, 0.15) is 42.1 Å². The Bertz CT molecular complexity index is 1270. The summed E-state index contributed by atoms with van der Waals surface area (Å²) in [6.45, 7) is 9.10. The van der Waals surface area contributed by atoms with Gasteiger partial charge in [0.15, 0.2) is 0 Å². The Balaban J connectivity index is 1.67. The number of benzene rings is 2.